The number of aryl methyl sites for hydroxylation is 1. The number of methoxy groups -OCH3 is 1. The number of aliphatic imine (C=N–C) groups is 1. The standard InChI is InChI=1S/C18H30FN3O/c1-4-20-18(21-11-6-5-7-13-23-3)22-12-10-16-8-9-17(19)14-15(16)2/h8-9,14H,4-7,10-13H2,1-3H3,(H2,20,21,22). The van der Waals surface area contributed by atoms with Crippen LogP contribution >= 0.6 is 0 Å². The minimum absolute atomic E-state index is 0.178. The Morgan fingerprint density at radius 2 is 2.04 bits per heavy atom. The Kier molecular flexibility index (Phi) is 10.0. The van der Waals surface area contributed by atoms with Crippen LogP contribution in [0.5, 0.6) is 0 Å². The molecule has 0 amide bonds. The highest BCUT2D eigenvalue weighted by Gasteiger charge is 2.01. The van der Waals surface area contributed by atoms with Crippen LogP contribution in [-0.4, -0.2) is 39.3 Å². The number of halogens is 1. The lowest BCUT2D eigenvalue weighted by Crippen LogP contribution is -2.38. The summed E-state index contributed by atoms with van der Waals surface area (Å²) < 4.78 is 18.1. The zero-order chi connectivity index (χ0) is 16.9. The Bertz CT molecular complexity index is 477. The maximum atomic E-state index is 13.1. The molecule has 1 aromatic rings. The van der Waals surface area contributed by atoms with E-state index in [2.05, 4.69) is 22.5 Å². The number of guanidine groups is 1. The van der Waals surface area contributed by atoms with Crippen LogP contribution in [0.15, 0.2) is 23.2 Å². The molecule has 0 spiro atoms. The first-order valence-electron chi connectivity index (χ1n) is 8.43. The van der Waals surface area contributed by atoms with Crippen molar-refractivity contribution in [2.75, 3.05) is 33.4 Å². The predicted molar refractivity (Wildman–Crippen MR) is 94.5 cm³/mol. The molecule has 0 aliphatic carbocycles. The molecule has 0 aromatic heterocycles. The van der Waals surface area contributed by atoms with E-state index in [1.165, 1.54) is 6.07 Å². The maximum Gasteiger partial charge on any atom is 0.191 e. The molecule has 0 fully saturated rings. The van der Waals surface area contributed by atoms with E-state index in [-0.39, 0.29) is 5.82 Å². The molecule has 23 heavy (non-hydrogen) atoms. The molecule has 4 nitrogen and oxygen atoms in total. The zero-order valence-electron chi connectivity index (χ0n) is 14.6. The second-order valence-electron chi connectivity index (χ2n) is 5.56. The quantitative estimate of drug-likeness (QED) is 0.395. The van der Waals surface area contributed by atoms with E-state index >= 15 is 0 Å². The molecule has 0 bridgehead atoms. The second kappa shape index (κ2) is 11.9. The Morgan fingerprint density at radius 1 is 1.22 bits per heavy atom. The topological polar surface area (TPSA) is 45.7 Å². The normalized spacial score (nSPS) is 11.6. The van der Waals surface area contributed by atoms with Crippen molar-refractivity contribution < 1.29 is 9.13 Å². The van der Waals surface area contributed by atoms with Crippen molar-refractivity contribution in [3.05, 3.63) is 35.1 Å². The van der Waals surface area contributed by atoms with Gasteiger partial charge >= 0.3 is 0 Å². The molecular formula is C18H30FN3O. The first kappa shape index (κ1) is 19.4. The average molecular weight is 323 g/mol. The number of hydrogen-bond acceptors (Lipinski definition) is 2. The van der Waals surface area contributed by atoms with E-state index in [9.17, 15) is 4.39 Å². The molecule has 0 saturated carbocycles. The van der Waals surface area contributed by atoms with Gasteiger partial charge in [-0.05, 0) is 62.8 Å². The molecule has 0 saturated heterocycles. The summed E-state index contributed by atoms with van der Waals surface area (Å²) in [6.07, 6.45) is 4.13. The SMILES string of the molecule is CCNC(=NCCCCCOC)NCCc1ccc(F)cc1C. The van der Waals surface area contributed by atoms with Gasteiger partial charge < -0.3 is 15.4 Å². The molecule has 0 heterocycles. The van der Waals surface area contributed by atoms with Gasteiger partial charge in [0, 0.05) is 33.4 Å². The van der Waals surface area contributed by atoms with Gasteiger partial charge in [-0.2, -0.15) is 0 Å². The number of nitrogens with zero attached hydrogens (tertiary/aromatic N) is 1. The lowest BCUT2D eigenvalue weighted by atomic mass is 10.1. The van der Waals surface area contributed by atoms with Crippen LogP contribution in [0.3, 0.4) is 0 Å². The van der Waals surface area contributed by atoms with E-state index in [4.69, 9.17) is 4.74 Å². The van der Waals surface area contributed by atoms with Gasteiger partial charge in [0.05, 0.1) is 0 Å². The van der Waals surface area contributed by atoms with Crippen molar-refractivity contribution in [2.24, 2.45) is 4.99 Å². The molecular weight excluding hydrogens is 293 g/mol. The average Bonchev–Trinajstić information content (AvgIpc) is 2.52. The molecule has 0 radical (unpaired) electrons. The van der Waals surface area contributed by atoms with E-state index in [1.54, 1.807) is 13.2 Å². The molecule has 1 aromatic carbocycles. The summed E-state index contributed by atoms with van der Waals surface area (Å²) in [4.78, 5) is 4.57. The van der Waals surface area contributed by atoms with E-state index < -0.39 is 0 Å². The minimum atomic E-state index is -0.178. The Balaban J connectivity index is 2.34. The van der Waals surface area contributed by atoms with Gasteiger partial charge in [0.2, 0.25) is 0 Å². The Labute approximate surface area is 139 Å². The summed E-state index contributed by atoms with van der Waals surface area (Å²) in [5.41, 5.74) is 2.15. The van der Waals surface area contributed by atoms with Crippen LogP contribution in [-0.2, 0) is 11.2 Å². The van der Waals surface area contributed by atoms with Crippen LogP contribution in [0.25, 0.3) is 0 Å². The molecule has 5 heteroatoms. The summed E-state index contributed by atoms with van der Waals surface area (Å²) >= 11 is 0. The lowest BCUT2D eigenvalue weighted by Gasteiger charge is -2.12. The van der Waals surface area contributed by atoms with Gasteiger partial charge in [-0.3, -0.25) is 4.99 Å². The number of unbranched alkanes of at least 4 members (excludes halogenated alkanes) is 2. The number of nitrogens with one attached hydrogen (secondary N) is 2. The fourth-order valence-corrected chi connectivity index (χ4v) is 2.32. The summed E-state index contributed by atoms with van der Waals surface area (Å²) in [7, 11) is 1.73. The zero-order valence-corrected chi connectivity index (χ0v) is 14.6. The number of benzene rings is 1. The van der Waals surface area contributed by atoms with Gasteiger partial charge in [0.25, 0.3) is 0 Å². The van der Waals surface area contributed by atoms with Crippen LogP contribution in [0, 0.1) is 12.7 Å². The van der Waals surface area contributed by atoms with Crippen molar-refractivity contribution in [1.29, 1.82) is 0 Å². The molecule has 1 rings (SSSR count). The fraction of sp³-hybridized carbons (Fsp3) is 0.611. The van der Waals surface area contributed by atoms with Gasteiger partial charge in [-0.15, -0.1) is 0 Å². The van der Waals surface area contributed by atoms with Gasteiger partial charge in [0.1, 0.15) is 5.82 Å². The van der Waals surface area contributed by atoms with Gasteiger partial charge in [-0.1, -0.05) is 6.07 Å². The summed E-state index contributed by atoms with van der Waals surface area (Å²) in [5, 5.41) is 6.58. The summed E-state index contributed by atoms with van der Waals surface area (Å²) in [5.74, 6) is 0.668. The van der Waals surface area contributed by atoms with E-state index in [0.717, 1.165) is 69.0 Å². The highest BCUT2D eigenvalue weighted by atomic mass is 19.1. The molecule has 130 valence electrons. The third-order valence-corrected chi connectivity index (χ3v) is 3.61. The van der Waals surface area contributed by atoms with Crippen molar-refractivity contribution in [3.63, 3.8) is 0 Å². The largest absolute Gasteiger partial charge is 0.385 e. The third-order valence-electron chi connectivity index (χ3n) is 3.61. The van der Waals surface area contributed by atoms with Crippen molar-refractivity contribution >= 4 is 5.96 Å². The monoisotopic (exact) mass is 323 g/mol. The van der Waals surface area contributed by atoms with Gasteiger partial charge in [-0.25, -0.2) is 4.39 Å². The maximum absolute atomic E-state index is 13.1. The van der Waals surface area contributed by atoms with Crippen LogP contribution < -0.4 is 10.6 Å². The molecule has 0 atom stereocenters. The first-order chi connectivity index (χ1) is 11.2. The van der Waals surface area contributed by atoms with E-state index in [0.29, 0.717) is 0 Å². The van der Waals surface area contributed by atoms with E-state index in [1.807, 2.05) is 13.0 Å². The summed E-state index contributed by atoms with van der Waals surface area (Å²) in [6, 6.07) is 4.95. The van der Waals surface area contributed by atoms with Crippen LogP contribution in [0.1, 0.15) is 37.3 Å². The fourth-order valence-electron chi connectivity index (χ4n) is 2.32. The van der Waals surface area contributed by atoms with Gasteiger partial charge in [0.15, 0.2) is 5.96 Å². The first-order valence-corrected chi connectivity index (χ1v) is 8.43. The number of hydrogen-bond donors (Lipinski definition) is 2. The molecule has 0 aliphatic heterocycles. The smallest absolute Gasteiger partial charge is 0.191 e. The molecule has 0 unspecified atom stereocenters. The van der Waals surface area contributed by atoms with Crippen molar-refractivity contribution in [2.45, 2.75) is 39.5 Å². The summed E-state index contributed by atoms with van der Waals surface area (Å²) in [6.45, 7) is 7.25. The molecule has 2 N–H and O–H groups in total. The second-order valence-corrected chi connectivity index (χ2v) is 5.56. The number of ether oxygens (including phenoxy) is 1. The third kappa shape index (κ3) is 8.55. The van der Waals surface area contributed by atoms with Crippen LogP contribution in [0.2, 0.25) is 0 Å². The highest BCUT2D eigenvalue weighted by Crippen LogP contribution is 2.10. The highest BCUT2D eigenvalue weighted by molar-refractivity contribution is 5.79. The van der Waals surface area contributed by atoms with Crippen molar-refractivity contribution in [1.82, 2.24) is 10.6 Å². The van der Waals surface area contributed by atoms with Crippen LogP contribution in [0.4, 0.5) is 4.39 Å². The minimum Gasteiger partial charge on any atom is -0.385 e. The van der Waals surface area contributed by atoms with Crippen molar-refractivity contribution in [3.8, 4) is 0 Å². The Hall–Kier alpha value is -1.62. The number of rotatable bonds is 10. The molecule has 0 aliphatic rings. The Morgan fingerprint density at radius 3 is 2.74 bits per heavy atom. The predicted octanol–water partition coefficient (Wildman–Crippen LogP) is 3.05. The lowest BCUT2D eigenvalue weighted by molar-refractivity contribution is 0.192.